The van der Waals surface area contributed by atoms with Crippen LogP contribution in [-0.2, 0) is 4.79 Å². The number of aromatic hydroxyl groups is 1. The predicted molar refractivity (Wildman–Crippen MR) is 72.1 cm³/mol. The lowest BCUT2D eigenvalue weighted by atomic mass is 10.3. The normalized spacial score (nSPS) is 10.3. The number of nitrogens with one attached hydrogen (secondary N) is 1. The van der Waals surface area contributed by atoms with Gasteiger partial charge >= 0.3 is 0 Å². The van der Waals surface area contributed by atoms with Gasteiger partial charge in [-0.15, -0.1) is 10.2 Å². The van der Waals surface area contributed by atoms with Crippen LogP contribution in [0.2, 0.25) is 0 Å². The number of nitrogens with zero attached hydrogens (tertiary/aromatic N) is 2. The molecule has 1 aromatic carbocycles. The standard InChI is InChI=1S/C11H11N3O2S2/c1-7-13-14-11(18-7)17-6-10(16)12-8-2-4-9(15)5-3-8/h2-5,15H,6H2,1H3,(H,12,16). The van der Waals surface area contributed by atoms with Crippen molar-refractivity contribution in [3.05, 3.63) is 29.3 Å². The molecule has 5 nitrogen and oxygen atoms in total. The molecule has 0 unspecified atom stereocenters. The number of carbonyl (C=O) groups is 1. The summed E-state index contributed by atoms with van der Waals surface area (Å²) in [6.07, 6.45) is 0. The Morgan fingerprint density at radius 3 is 2.72 bits per heavy atom. The lowest BCUT2D eigenvalue weighted by Crippen LogP contribution is -2.13. The molecule has 0 aliphatic rings. The van der Waals surface area contributed by atoms with E-state index in [9.17, 15) is 4.79 Å². The smallest absolute Gasteiger partial charge is 0.234 e. The molecule has 18 heavy (non-hydrogen) atoms. The molecule has 2 aromatic rings. The van der Waals surface area contributed by atoms with Crippen molar-refractivity contribution < 1.29 is 9.90 Å². The second kappa shape index (κ2) is 5.83. The van der Waals surface area contributed by atoms with Crippen molar-refractivity contribution >= 4 is 34.7 Å². The van der Waals surface area contributed by atoms with Crippen molar-refractivity contribution in [1.29, 1.82) is 0 Å². The highest BCUT2D eigenvalue weighted by molar-refractivity contribution is 8.01. The third kappa shape index (κ3) is 3.71. The number of anilines is 1. The maximum atomic E-state index is 11.6. The molecule has 7 heteroatoms. The molecule has 0 aliphatic carbocycles. The van der Waals surface area contributed by atoms with E-state index in [1.807, 2.05) is 6.92 Å². The van der Waals surface area contributed by atoms with Gasteiger partial charge in [0.05, 0.1) is 5.75 Å². The Labute approximate surface area is 112 Å². The molecular formula is C11H11N3O2S2. The SMILES string of the molecule is Cc1nnc(SCC(=O)Nc2ccc(O)cc2)s1. The number of thioether (sulfide) groups is 1. The molecule has 0 bridgehead atoms. The number of rotatable bonds is 4. The molecule has 1 aromatic heterocycles. The van der Waals surface area contributed by atoms with Crippen molar-refractivity contribution in [2.24, 2.45) is 0 Å². The summed E-state index contributed by atoms with van der Waals surface area (Å²) in [5.74, 6) is 0.348. The molecule has 2 rings (SSSR count). The molecule has 0 spiro atoms. The fourth-order valence-electron chi connectivity index (χ4n) is 1.21. The maximum absolute atomic E-state index is 11.6. The maximum Gasteiger partial charge on any atom is 0.234 e. The average molecular weight is 281 g/mol. The number of aryl methyl sites for hydroxylation is 1. The molecule has 0 atom stereocenters. The van der Waals surface area contributed by atoms with Crippen molar-refractivity contribution in [2.45, 2.75) is 11.3 Å². The van der Waals surface area contributed by atoms with Crippen LogP contribution in [0.15, 0.2) is 28.6 Å². The van der Waals surface area contributed by atoms with E-state index in [0.29, 0.717) is 5.69 Å². The highest BCUT2D eigenvalue weighted by Gasteiger charge is 2.06. The van der Waals surface area contributed by atoms with Gasteiger partial charge in [-0.2, -0.15) is 0 Å². The molecule has 0 aliphatic heterocycles. The minimum atomic E-state index is -0.112. The van der Waals surface area contributed by atoms with E-state index in [2.05, 4.69) is 15.5 Å². The number of hydrogen-bond donors (Lipinski definition) is 2. The second-order valence-corrected chi connectivity index (χ2v) is 5.87. The zero-order valence-electron chi connectivity index (χ0n) is 9.58. The lowest BCUT2D eigenvalue weighted by Gasteiger charge is -2.03. The van der Waals surface area contributed by atoms with Crippen LogP contribution in [0.25, 0.3) is 0 Å². The topological polar surface area (TPSA) is 75.1 Å². The van der Waals surface area contributed by atoms with Gasteiger partial charge in [-0.1, -0.05) is 23.1 Å². The second-order valence-electron chi connectivity index (χ2n) is 3.47. The van der Waals surface area contributed by atoms with Crippen LogP contribution >= 0.6 is 23.1 Å². The van der Waals surface area contributed by atoms with Crippen LogP contribution in [0, 0.1) is 6.92 Å². The van der Waals surface area contributed by atoms with Gasteiger partial charge in [0, 0.05) is 5.69 Å². The summed E-state index contributed by atoms with van der Waals surface area (Å²) < 4.78 is 0.786. The Morgan fingerprint density at radius 2 is 2.11 bits per heavy atom. The van der Waals surface area contributed by atoms with E-state index in [0.717, 1.165) is 9.35 Å². The largest absolute Gasteiger partial charge is 0.508 e. The summed E-state index contributed by atoms with van der Waals surface area (Å²) >= 11 is 2.82. The van der Waals surface area contributed by atoms with Crippen LogP contribution in [0.3, 0.4) is 0 Å². The molecule has 1 amide bonds. The van der Waals surface area contributed by atoms with E-state index >= 15 is 0 Å². The summed E-state index contributed by atoms with van der Waals surface area (Å²) in [6, 6.07) is 6.34. The molecule has 2 N–H and O–H groups in total. The number of phenolic OH excluding ortho intramolecular Hbond substituents is 1. The van der Waals surface area contributed by atoms with E-state index in [1.54, 1.807) is 12.1 Å². The Morgan fingerprint density at radius 1 is 1.39 bits per heavy atom. The average Bonchev–Trinajstić information content (AvgIpc) is 2.76. The molecule has 1 heterocycles. The van der Waals surface area contributed by atoms with Gasteiger partial charge in [-0.3, -0.25) is 4.79 Å². The molecule has 0 saturated carbocycles. The van der Waals surface area contributed by atoms with E-state index in [-0.39, 0.29) is 17.4 Å². The Bertz CT molecular complexity index is 539. The summed E-state index contributed by atoms with van der Waals surface area (Å²) in [5.41, 5.74) is 0.659. The first kappa shape index (κ1) is 12.8. The van der Waals surface area contributed by atoms with Crippen LogP contribution < -0.4 is 5.32 Å². The van der Waals surface area contributed by atoms with E-state index in [4.69, 9.17) is 5.11 Å². The minimum Gasteiger partial charge on any atom is -0.508 e. The van der Waals surface area contributed by atoms with Crippen LogP contribution in [0.1, 0.15) is 5.01 Å². The Hall–Kier alpha value is -1.60. The molecule has 0 saturated heterocycles. The van der Waals surface area contributed by atoms with Crippen LogP contribution in [0.5, 0.6) is 5.75 Å². The molecule has 94 valence electrons. The molecule has 0 radical (unpaired) electrons. The van der Waals surface area contributed by atoms with Crippen LogP contribution in [0.4, 0.5) is 5.69 Å². The van der Waals surface area contributed by atoms with Crippen molar-refractivity contribution in [3.8, 4) is 5.75 Å². The monoisotopic (exact) mass is 281 g/mol. The zero-order valence-corrected chi connectivity index (χ0v) is 11.2. The highest BCUT2D eigenvalue weighted by Crippen LogP contribution is 2.22. The van der Waals surface area contributed by atoms with Gasteiger partial charge < -0.3 is 10.4 Å². The summed E-state index contributed by atoms with van der Waals surface area (Å²) in [5, 5.41) is 20.5. The van der Waals surface area contributed by atoms with Crippen molar-refractivity contribution in [1.82, 2.24) is 10.2 Å². The van der Waals surface area contributed by atoms with E-state index in [1.165, 1.54) is 35.2 Å². The van der Waals surface area contributed by atoms with Gasteiger partial charge in [0.1, 0.15) is 10.8 Å². The summed E-state index contributed by atoms with van der Waals surface area (Å²) in [4.78, 5) is 11.6. The number of hydrogen-bond acceptors (Lipinski definition) is 6. The number of carbonyl (C=O) groups excluding carboxylic acids is 1. The fourth-order valence-corrected chi connectivity index (χ4v) is 2.82. The highest BCUT2D eigenvalue weighted by atomic mass is 32.2. The Balaban J connectivity index is 1.83. The molecular weight excluding hydrogens is 270 g/mol. The number of phenols is 1. The first-order chi connectivity index (χ1) is 8.63. The number of amides is 1. The third-order valence-corrected chi connectivity index (χ3v) is 3.96. The predicted octanol–water partition coefficient (Wildman–Crippen LogP) is 2.28. The Kier molecular flexibility index (Phi) is 4.16. The zero-order chi connectivity index (χ0) is 13.0. The van der Waals surface area contributed by atoms with Crippen LogP contribution in [-0.4, -0.2) is 27.0 Å². The van der Waals surface area contributed by atoms with Crippen molar-refractivity contribution in [2.75, 3.05) is 11.1 Å². The summed E-state index contributed by atoms with van der Waals surface area (Å²) in [6.45, 7) is 1.87. The number of benzene rings is 1. The lowest BCUT2D eigenvalue weighted by molar-refractivity contribution is -0.113. The quantitative estimate of drug-likeness (QED) is 0.664. The van der Waals surface area contributed by atoms with Gasteiger partial charge in [0.2, 0.25) is 5.91 Å². The van der Waals surface area contributed by atoms with Crippen molar-refractivity contribution in [3.63, 3.8) is 0 Å². The number of aromatic nitrogens is 2. The third-order valence-electron chi connectivity index (χ3n) is 1.99. The fraction of sp³-hybridized carbons (Fsp3) is 0.182. The van der Waals surface area contributed by atoms with E-state index < -0.39 is 0 Å². The first-order valence-electron chi connectivity index (χ1n) is 5.15. The first-order valence-corrected chi connectivity index (χ1v) is 6.95. The van der Waals surface area contributed by atoms with Gasteiger partial charge in [0.15, 0.2) is 4.34 Å². The minimum absolute atomic E-state index is 0.112. The van der Waals surface area contributed by atoms with Gasteiger partial charge in [-0.05, 0) is 31.2 Å². The van der Waals surface area contributed by atoms with Gasteiger partial charge in [-0.25, -0.2) is 0 Å². The summed E-state index contributed by atoms with van der Waals surface area (Å²) in [7, 11) is 0. The molecule has 0 fully saturated rings. The van der Waals surface area contributed by atoms with Gasteiger partial charge in [0.25, 0.3) is 0 Å².